The van der Waals surface area contributed by atoms with Crippen molar-refractivity contribution in [3.05, 3.63) is 60.4 Å². The van der Waals surface area contributed by atoms with Crippen LogP contribution in [0.1, 0.15) is 5.82 Å². The van der Waals surface area contributed by atoms with Crippen LogP contribution in [0.4, 0.5) is 14.6 Å². The lowest BCUT2D eigenvalue weighted by molar-refractivity contribution is 0.562. The van der Waals surface area contributed by atoms with E-state index in [1.165, 1.54) is 6.33 Å². The molecule has 2 heterocycles. The highest BCUT2D eigenvalue weighted by molar-refractivity contribution is 7.89. The van der Waals surface area contributed by atoms with E-state index in [-0.39, 0.29) is 13.1 Å². The van der Waals surface area contributed by atoms with Crippen molar-refractivity contribution in [2.45, 2.75) is 11.8 Å². The summed E-state index contributed by atoms with van der Waals surface area (Å²) in [5.41, 5.74) is 0. The van der Waals surface area contributed by atoms with E-state index in [1.807, 2.05) is 6.92 Å². The number of aryl methyl sites for hydroxylation is 1. The van der Waals surface area contributed by atoms with Crippen LogP contribution in [0.5, 0.6) is 0 Å². The Morgan fingerprint density at radius 3 is 2.44 bits per heavy atom. The first-order valence-electron chi connectivity index (χ1n) is 7.87. The molecule has 27 heavy (non-hydrogen) atoms. The molecule has 142 valence electrons. The van der Waals surface area contributed by atoms with Crippen molar-refractivity contribution in [1.82, 2.24) is 24.2 Å². The van der Waals surface area contributed by atoms with Crippen molar-refractivity contribution in [3.63, 3.8) is 0 Å². The molecule has 0 amide bonds. The van der Waals surface area contributed by atoms with Gasteiger partial charge < -0.3 is 5.32 Å². The van der Waals surface area contributed by atoms with E-state index < -0.39 is 26.6 Å². The van der Waals surface area contributed by atoms with E-state index in [0.29, 0.717) is 17.7 Å². The summed E-state index contributed by atoms with van der Waals surface area (Å²) in [6.45, 7) is 2.03. The first-order valence-corrected chi connectivity index (χ1v) is 9.35. The van der Waals surface area contributed by atoms with Gasteiger partial charge in [-0.3, -0.25) is 4.57 Å². The number of hydrogen-bond acceptors (Lipinski definition) is 6. The summed E-state index contributed by atoms with van der Waals surface area (Å²) >= 11 is 0. The predicted octanol–water partition coefficient (Wildman–Crippen LogP) is 1.64. The Bertz CT molecular complexity index is 1030. The molecular formula is C16H16F2N6O2S. The summed E-state index contributed by atoms with van der Waals surface area (Å²) < 4.78 is 54.6. The average molecular weight is 394 g/mol. The van der Waals surface area contributed by atoms with E-state index >= 15 is 0 Å². The Balaban J connectivity index is 1.59. The molecule has 0 unspecified atom stereocenters. The fraction of sp³-hybridized carbons (Fsp3) is 0.188. The number of sulfonamides is 1. The number of imidazole rings is 1. The van der Waals surface area contributed by atoms with Gasteiger partial charge in [-0.2, -0.15) is 0 Å². The van der Waals surface area contributed by atoms with Gasteiger partial charge in [0, 0.05) is 37.6 Å². The van der Waals surface area contributed by atoms with Crippen molar-refractivity contribution >= 4 is 15.8 Å². The lowest BCUT2D eigenvalue weighted by atomic mass is 10.3. The third-order valence-electron chi connectivity index (χ3n) is 3.59. The van der Waals surface area contributed by atoms with E-state index in [0.717, 1.165) is 18.0 Å². The fourth-order valence-electron chi connectivity index (χ4n) is 2.34. The molecule has 0 aliphatic heterocycles. The van der Waals surface area contributed by atoms with Gasteiger partial charge in [-0.15, -0.1) is 0 Å². The molecular weight excluding hydrogens is 378 g/mol. The maximum absolute atomic E-state index is 13.2. The lowest BCUT2D eigenvalue weighted by Crippen LogP contribution is -2.29. The van der Waals surface area contributed by atoms with Crippen molar-refractivity contribution in [1.29, 1.82) is 0 Å². The molecule has 8 nitrogen and oxygen atoms in total. The van der Waals surface area contributed by atoms with Crippen LogP contribution in [-0.2, 0) is 10.0 Å². The highest BCUT2D eigenvalue weighted by Crippen LogP contribution is 2.13. The quantitative estimate of drug-likeness (QED) is 0.591. The van der Waals surface area contributed by atoms with Crippen LogP contribution in [0.15, 0.2) is 47.9 Å². The Morgan fingerprint density at radius 1 is 1.04 bits per heavy atom. The standard InChI is InChI=1S/C16H16F2N6O2S/c1-11-19-4-5-24(11)16-9-15(21-10-22-16)20-2-3-23-27(25,26)14-7-12(17)6-13(18)8-14/h4-10,23H,2-3H2,1H3,(H,20,21,22). The summed E-state index contributed by atoms with van der Waals surface area (Å²) in [5.74, 6) is -0.0641. The molecule has 0 fully saturated rings. The average Bonchev–Trinajstić information content (AvgIpc) is 3.04. The van der Waals surface area contributed by atoms with Crippen molar-refractivity contribution < 1.29 is 17.2 Å². The Morgan fingerprint density at radius 2 is 1.78 bits per heavy atom. The number of rotatable bonds is 7. The number of nitrogens with one attached hydrogen (secondary N) is 2. The molecule has 2 N–H and O–H groups in total. The maximum atomic E-state index is 13.2. The van der Waals surface area contributed by atoms with E-state index in [1.54, 1.807) is 23.0 Å². The van der Waals surface area contributed by atoms with Gasteiger partial charge in [-0.1, -0.05) is 0 Å². The second kappa shape index (κ2) is 7.76. The normalized spacial score (nSPS) is 11.5. The van der Waals surface area contributed by atoms with Crippen LogP contribution >= 0.6 is 0 Å². The minimum atomic E-state index is -4.02. The van der Waals surface area contributed by atoms with Crippen LogP contribution in [0.2, 0.25) is 0 Å². The second-order valence-corrected chi connectivity index (χ2v) is 7.30. The molecule has 11 heteroatoms. The van der Waals surface area contributed by atoms with Crippen molar-refractivity contribution in [2.24, 2.45) is 0 Å². The van der Waals surface area contributed by atoms with Crippen LogP contribution in [0, 0.1) is 18.6 Å². The molecule has 3 rings (SSSR count). The largest absolute Gasteiger partial charge is 0.369 e. The number of hydrogen-bond donors (Lipinski definition) is 2. The van der Waals surface area contributed by atoms with Crippen molar-refractivity contribution in [3.8, 4) is 5.82 Å². The SMILES string of the molecule is Cc1nccn1-c1cc(NCCNS(=O)(=O)c2cc(F)cc(F)c2)ncn1. The molecule has 0 radical (unpaired) electrons. The van der Waals surface area contributed by atoms with Crippen LogP contribution in [0.25, 0.3) is 5.82 Å². The van der Waals surface area contributed by atoms with Gasteiger partial charge in [0.1, 0.15) is 35.4 Å². The van der Waals surface area contributed by atoms with Gasteiger partial charge in [0.05, 0.1) is 4.90 Å². The predicted molar refractivity (Wildman–Crippen MR) is 93.9 cm³/mol. The van der Waals surface area contributed by atoms with Gasteiger partial charge in [0.25, 0.3) is 0 Å². The third-order valence-corrected chi connectivity index (χ3v) is 5.04. The van der Waals surface area contributed by atoms with Crippen LogP contribution in [-0.4, -0.2) is 41.0 Å². The van der Waals surface area contributed by atoms with Gasteiger partial charge >= 0.3 is 0 Å². The topological polar surface area (TPSA) is 102 Å². The minimum absolute atomic E-state index is 0.0100. The molecule has 3 aromatic rings. The van der Waals surface area contributed by atoms with Crippen molar-refractivity contribution in [2.75, 3.05) is 18.4 Å². The van der Waals surface area contributed by atoms with Gasteiger partial charge in [0.2, 0.25) is 10.0 Å². The zero-order chi connectivity index (χ0) is 19.4. The smallest absolute Gasteiger partial charge is 0.240 e. The van der Waals surface area contributed by atoms with Gasteiger partial charge in [-0.05, 0) is 19.1 Å². The molecule has 0 saturated carbocycles. The molecule has 0 spiro atoms. The third kappa shape index (κ3) is 4.63. The number of anilines is 1. The molecule has 0 aliphatic carbocycles. The Hall–Kier alpha value is -2.92. The molecule has 0 saturated heterocycles. The molecule has 0 aliphatic rings. The zero-order valence-corrected chi connectivity index (χ0v) is 15.0. The number of halogens is 2. The second-order valence-electron chi connectivity index (χ2n) is 5.54. The summed E-state index contributed by atoms with van der Waals surface area (Å²) in [4.78, 5) is 11.9. The van der Waals surface area contributed by atoms with Gasteiger partial charge in [-0.25, -0.2) is 36.9 Å². The fourth-order valence-corrected chi connectivity index (χ4v) is 3.41. The number of benzene rings is 1. The molecule has 2 aromatic heterocycles. The summed E-state index contributed by atoms with van der Waals surface area (Å²) in [6, 6.07) is 3.80. The zero-order valence-electron chi connectivity index (χ0n) is 14.2. The molecule has 0 bridgehead atoms. The first kappa shape index (κ1) is 18.9. The highest BCUT2D eigenvalue weighted by atomic mass is 32.2. The number of nitrogens with zero attached hydrogens (tertiary/aromatic N) is 4. The van der Waals surface area contributed by atoms with E-state index in [2.05, 4.69) is 25.0 Å². The summed E-state index contributed by atoms with van der Waals surface area (Å²) in [6.07, 6.45) is 4.78. The van der Waals surface area contributed by atoms with Crippen LogP contribution < -0.4 is 10.0 Å². The molecule has 0 atom stereocenters. The minimum Gasteiger partial charge on any atom is -0.369 e. The van der Waals surface area contributed by atoms with E-state index in [4.69, 9.17) is 0 Å². The maximum Gasteiger partial charge on any atom is 0.240 e. The Kier molecular flexibility index (Phi) is 5.42. The number of aromatic nitrogens is 4. The van der Waals surface area contributed by atoms with Gasteiger partial charge in [0.15, 0.2) is 0 Å². The highest BCUT2D eigenvalue weighted by Gasteiger charge is 2.15. The van der Waals surface area contributed by atoms with Crippen LogP contribution in [0.3, 0.4) is 0 Å². The van der Waals surface area contributed by atoms with E-state index in [9.17, 15) is 17.2 Å². The summed E-state index contributed by atoms with van der Waals surface area (Å²) in [7, 11) is -4.02. The Labute approximate surface area is 154 Å². The molecule has 1 aromatic carbocycles. The lowest BCUT2D eigenvalue weighted by Gasteiger charge is -2.10. The monoisotopic (exact) mass is 394 g/mol. The first-order chi connectivity index (χ1) is 12.8. The summed E-state index contributed by atoms with van der Waals surface area (Å²) in [5, 5.41) is 2.95.